The van der Waals surface area contributed by atoms with E-state index in [4.69, 9.17) is 40.9 Å². The molecule has 8 nitrogen and oxygen atoms in total. The van der Waals surface area contributed by atoms with E-state index in [-0.39, 0.29) is 55.3 Å². The molecule has 0 saturated heterocycles. The van der Waals surface area contributed by atoms with Gasteiger partial charge in [-0.15, -0.1) is 0 Å². The summed E-state index contributed by atoms with van der Waals surface area (Å²) in [6.07, 6.45) is -32.4. The average Bonchev–Trinajstić information content (AvgIpc) is 2.98. The van der Waals surface area contributed by atoms with Crippen LogP contribution in [0.25, 0.3) is 0 Å². The van der Waals surface area contributed by atoms with Crippen LogP contribution >= 0.6 is 0 Å². The standard InChI is InChI=1S/2C12H18.4C2H3F3O2.2Hg/c2*1-7-8(2)10(4)12(6)11(5)9(7)3;4*3-2(4,5)1(6)7;;/h2*1-6H3;4*1,6-7H;;. The Morgan fingerprint density at radius 3 is 0.296 bits per heavy atom. The Hall–Kier alpha value is -0.850. The van der Waals surface area contributed by atoms with E-state index in [0.29, 0.717) is 0 Å². The average molecular weight is 1190 g/mol. The zero-order valence-corrected chi connectivity index (χ0v) is 42.8. The van der Waals surface area contributed by atoms with Crippen molar-refractivity contribution in [2.75, 3.05) is 0 Å². The van der Waals surface area contributed by atoms with E-state index >= 15 is 0 Å². The van der Waals surface area contributed by atoms with E-state index in [1.165, 1.54) is 66.8 Å². The second-order valence-electron chi connectivity index (χ2n) is 11.2. The molecule has 0 aliphatic rings. The number of benzene rings is 2. The summed E-state index contributed by atoms with van der Waals surface area (Å²) in [4.78, 5) is 0. The maximum atomic E-state index is 10.7. The minimum Gasteiger partial charge on any atom is -0.361 e. The van der Waals surface area contributed by atoms with Crippen LogP contribution in [0.3, 0.4) is 0 Å². The van der Waals surface area contributed by atoms with Gasteiger partial charge >= 0.3 is 24.7 Å². The van der Waals surface area contributed by atoms with Gasteiger partial charge in [-0.3, -0.25) is 0 Å². The monoisotopic (exact) mass is 1190 g/mol. The van der Waals surface area contributed by atoms with Gasteiger partial charge in [-0.25, -0.2) is 0 Å². The molecule has 54 heavy (non-hydrogen) atoms. The third-order valence-electron chi connectivity index (χ3n) is 7.92. The fourth-order valence-corrected chi connectivity index (χ4v) is 3.38. The van der Waals surface area contributed by atoms with Crippen molar-refractivity contribution >= 4 is 0 Å². The molecule has 0 radical (unpaired) electrons. The molecule has 2 rings (SSSR count). The van der Waals surface area contributed by atoms with E-state index in [1.54, 1.807) is 0 Å². The van der Waals surface area contributed by atoms with Crippen LogP contribution < -0.4 is 0 Å². The van der Waals surface area contributed by atoms with E-state index < -0.39 is 49.9 Å². The van der Waals surface area contributed by atoms with Gasteiger partial charge < -0.3 is 40.9 Å². The van der Waals surface area contributed by atoms with Crippen LogP contribution in [-0.2, 0) is 55.3 Å². The molecular formula is C32H48F12Hg2O8. The molecule has 2 aromatic carbocycles. The molecule has 0 spiro atoms. The molecule has 0 unspecified atom stereocenters. The maximum Gasteiger partial charge on any atom is 0.439 e. The summed E-state index contributed by atoms with van der Waals surface area (Å²) in [6, 6.07) is 0. The third-order valence-corrected chi connectivity index (χ3v) is 7.92. The van der Waals surface area contributed by atoms with E-state index in [1.807, 2.05) is 0 Å². The second kappa shape index (κ2) is 27.0. The molecule has 8 N–H and O–H groups in total. The normalized spacial score (nSPS) is 11.3. The molecule has 0 saturated carbocycles. The van der Waals surface area contributed by atoms with Crippen LogP contribution in [0, 0.1) is 83.1 Å². The largest absolute Gasteiger partial charge is 0.439 e. The van der Waals surface area contributed by atoms with Crippen molar-refractivity contribution in [3.8, 4) is 0 Å². The Bertz CT molecular complexity index is 1020. The van der Waals surface area contributed by atoms with E-state index in [2.05, 4.69) is 83.1 Å². The molecule has 0 aromatic heterocycles. The summed E-state index contributed by atoms with van der Waals surface area (Å²) >= 11 is 0. The van der Waals surface area contributed by atoms with Crippen LogP contribution in [0.1, 0.15) is 66.8 Å². The Labute approximate surface area is 346 Å². The van der Waals surface area contributed by atoms with Crippen LogP contribution in [0.2, 0.25) is 0 Å². The fourth-order valence-electron chi connectivity index (χ4n) is 3.38. The van der Waals surface area contributed by atoms with Crippen LogP contribution in [0.4, 0.5) is 52.7 Å². The number of aliphatic hydroxyl groups excluding tert-OH is 4. The van der Waals surface area contributed by atoms with Gasteiger partial charge in [0.1, 0.15) is 0 Å². The maximum absolute atomic E-state index is 10.7. The molecular weight excluding hydrogens is 1140 g/mol. The van der Waals surface area contributed by atoms with Gasteiger partial charge in [-0.05, 0) is 150 Å². The van der Waals surface area contributed by atoms with Crippen LogP contribution in [0.15, 0.2) is 0 Å². The summed E-state index contributed by atoms with van der Waals surface area (Å²) in [5.74, 6) is 0. The van der Waals surface area contributed by atoms with Gasteiger partial charge in [0.05, 0.1) is 0 Å². The van der Waals surface area contributed by atoms with Gasteiger partial charge in [0.25, 0.3) is 25.2 Å². The van der Waals surface area contributed by atoms with Gasteiger partial charge in [0.15, 0.2) is 0 Å². The zero-order chi connectivity index (χ0) is 43.2. The Morgan fingerprint density at radius 1 is 0.241 bits per heavy atom. The Balaban J connectivity index is -0.000000130. The van der Waals surface area contributed by atoms with Crippen molar-refractivity contribution in [1.29, 1.82) is 0 Å². The first-order valence-corrected chi connectivity index (χ1v) is 14.5. The number of hydrogen-bond acceptors (Lipinski definition) is 8. The van der Waals surface area contributed by atoms with Crippen LogP contribution in [-0.4, -0.2) is 90.7 Å². The van der Waals surface area contributed by atoms with E-state index in [0.717, 1.165) is 0 Å². The summed E-state index contributed by atoms with van der Waals surface area (Å²) < 4.78 is 128. The van der Waals surface area contributed by atoms with Gasteiger partial charge in [0.2, 0.25) is 0 Å². The SMILES string of the molecule is Cc1c(C)c(C)c(C)c(C)c1C.Cc1c(C)c(C)c(C)c(C)c1C.OC(O)C(F)(F)F.OC(O)C(F)(F)F.OC(O)C(F)(F)F.OC(O)C(F)(F)F.[Hg].[Hg]. The van der Waals surface area contributed by atoms with Gasteiger partial charge in [-0.2, -0.15) is 52.7 Å². The molecule has 0 aliphatic heterocycles. The molecule has 2 aromatic rings. The third kappa shape index (κ3) is 25.4. The number of aliphatic hydroxyl groups is 8. The summed E-state index contributed by atoms with van der Waals surface area (Å²) in [6.45, 7) is 26.5. The van der Waals surface area contributed by atoms with Crippen molar-refractivity contribution in [3.63, 3.8) is 0 Å². The fraction of sp³-hybridized carbons (Fsp3) is 0.625. The summed E-state index contributed by atoms with van der Waals surface area (Å²) in [7, 11) is 0. The van der Waals surface area contributed by atoms with Gasteiger partial charge in [0, 0.05) is 55.3 Å². The second-order valence-corrected chi connectivity index (χ2v) is 11.2. The molecule has 0 aliphatic carbocycles. The smallest absolute Gasteiger partial charge is 0.361 e. The number of rotatable bonds is 0. The van der Waals surface area contributed by atoms with Crippen molar-refractivity contribution in [3.05, 3.63) is 66.8 Å². The molecule has 22 heteroatoms. The molecule has 312 valence electrons. The van der Waals surface area contributed by atoms with Crippen molar-refractivity contribution in [1.82, 2.24) is 0 Å². The molecule has 0 fully saturated rings. The summed E-state index contributed by atoms with van der Waals surface area (Å²) in [5, 5.41) is 58.6. The first kappa shape index (κ1) is 65.0. The number of alkyl halides is 12. The predicted octanol–water partition coefficient (Wildman–Crippen LogP) is 6.51. The Morgan fingerprint density at radius 2 is 0.278 bits per heavy atom. The number of hydrogen-bond donors (Lipinski definition) is 8. The molecule has 0 heterocycles. The van der Waals surface area contributed by atoms with E-state index in [9.17, 15) is 52.7 Å². The first-order chi connectivity index (χ1) is 22.7. The Kier molecular flexibility index (Phi) is 32.5. The predicted molar refractivity (Wildman–Crippen MR) is 167 cm³/mol. The quantitative estimate of drug-likeness (QED) is 0.0843. The van der Waals surface area contributed by atoms with Gasteiger partial charge in [-0.1, -0.05) is 0 Å². The zero-order valence-electron chi connectivity index (χ0n) is 31.8. The molecule has 0 atom stereocenters. The molecule has 0 bridgehead atoms. The number of halogens is 12. The topological polar surface area (TPSA) is 162 Å². The van der Waals surface area contributed by atoms with Crippen molar-refractivity contribution in [2.24, 2.45) is 0 Å². The van der Waals surface area contributed by atoms with Crippen molar-refractivity contribution < 1.29 is 149 Å². The summed E-state index contributed by atoms with van der Waals surface area (Å²) in [5.41, 5.74) is 17.5. The first-order valence-electron chi connectivity index (χ1n) is 14.5. The minimum atomic E-state index is -4.89. The van der Waals surface area contributed by atoms with Crippen molar-refractivity contribution in [2.45, 2.75) is 133 Å². The minimum absolute atomic E-state index is 0. The van der Waals surface area contributed by atoms with Crippen LogP contribution in [0.5, 0.6) is 0 Å². The molecule has 0 amide bonds.